The van der Waals surface area contributed by atoms with Crippen molar-refractivity contribution < 1.29 is 5.11 Å². The molecule has 1 aromatic carbocycles. The number of thioether (sulfide) groups is 1. The van der Waals surface area contributed by atoms with E-state index in [1.165, 1.54) is 5.56 Å². The Morgan fingerprint density at radius 1 is 1.31 bits per heavy atom. The van der Waals surface area contributed by atoms with Crippen LogP contribution < -0.4 is 0 Å². The number of rotatable bonds is 2. The van der Waals surface area contributed by atoms with Gasteiger partial charge in [-0.3, -0.25) is 0 Å². The zero-order valence-electron chi connectivity index (χ0n) is 10.2. The summed E-state index contributed by atoms with van der Waals surface area (Å²) in [6.07, 6.45) is 0.875. The van der Waals surface area contributed by atoms with Crippen molar-refractivity contribution in [2.24, 2.45) is 0 Å². The summed E-state index contributed by atoms with van der Waals surface area (Å²) in [5.74, 6) is 1.61. The van der Waals surface area contributed by atoms with Crippen LogP contribution in [0.1, 0.15) is 44.2 Å². The lowest BCUT2D eigenvalue weighted by Crippen LogP contribution is -2.31. The highest BCUT2D eigenvalue weighted by Crippen LogP contribution is 2.43. The van der Waals surface area contributed by atoms with Gasteiger partial charge in [-0.25, -0.2) is 0 Å². The van der Waals surface area contributed by atoms with E-state index in [2.05, 4.69) is 45.0 Å². The van der Waals surface area contributed by atoms with Gasteiger partial charge in [-0.2, -0.15) is 11.8 Å². The minimum absolute atomic E-state index is 0.303. The van der Waals surface area contributed by atoms with Gasteiger partial charge in [0.2, 0.25) is 0 Å². The lowest BCUT2D eigenvalue weighted by Gasteiger charge is -2.27. The molecule has 1 fully saturated rings. The third kappa shape index (κ3) is 2.01. The molecule has 0 amide bonds. The van der Waals surface area contributed by atoms with Crippen LogP contribution in [0.3, 0.4) is 0 Å². The lowest BCUT2D eigenvalue weighted by atomic mass is 9.87. The first-order chi connectivity index (χ1) is 7.54. The van der Waals surface area contributed by atoms with E-state index in [0.29, 0.717) is 11.2 Å². The molecular formula is C14H20OS. The summed E-state index contributed by atoms with van der Waals surface area (Å²) in [7, 11) is 0. The topological polar surface area (TPSA) is 20.2 Å². The molecule has 1 nitrogen and oxygen atoms in total. The van der Waals surface area contributed by atoms with Gasteiger partial charge in [0.1, 0.15) is 5.60 Å². The first-order valence-electron chi connectivity index (χ1n) is 5.98. The molecule has 2 atom stereocenters. The third-order valence-corrected chi connectivity index (χ3v) is 4.93. The zero-order valence-corrected chi connectivity index (χ0v) is 11.1. The van der Waals surface area contributed by atoms with Gasteiger partial charge in [-0.1, -0.05) is 45.0 Å². The molecule has 1 heterocycles. The molecule has 88 valence electrons. The predicted molar refractivity (Wildman–Crippen MR) is 71.0 cm³/mol. The number of aliphatic hydroxyl groups is 1. The van der Waals surface area contributed by atoms with Crippen LogP contribution in [-0.4, -0.2) is 16.1 Å². The van der Waals surface area contributed by atoms with Gasteiger partial charge in [0, 0.05) is 5.25 Å². The van der Waals surface area contributed by atoms with Gasteiger partial charge in [0.05, 0.1) is 0 Å². The fourth-order valence-electron chi connectivity index (χ4n) is 2.27. The SMILES string of the molecule is CC(C)c1ccc(C2(O)CCSC2C)cc1. The standard InChI is InChI=1S/C14H20OS/c1-10(2)12-4-6-13(7-5-12)14(15)8-9-16-11(14)3/h4-7,10-11,15H,8-9H2,1-3H3. The molecule has 0 aliphatic carbocycles. The maximum Gasteiger partial charge on any atom is 0.102 e. The second-order valence-electron chi connectivity index (χ2n) is 4.96. The van der Waals surface area contributed by atoms with E-state index in [-0.39, 0.29) is 0 Å². The quantitative estimate of drug-likeness (QED) is 0.848. The number of hydrogen-bond acceptors (Lipinski definition) is 2. The van der Waals surface area contributed by atoms with Crippen LogP contribution >= 0.6 is 11.8 Å². The molecule has 0 bridgehead atoms. The first-order valence-corrected chi connectivity index (χ1v) is 7.03. The molecule has 1 aliphatic rings. The summed E-state index contributed by atoms with van der Waals surface area (Å²) in [5, 5.41) is 10.9. The van der Waals surface area contributed by atoms with Crippen molar-refractivity contribution in [1.82, 2.24) is 0 Å². The van der Waals surface area contributed by atoms with Crippen LogP contribution in [0, 0.1) is 0 Å². The second-order valence-corrected chi connectivity index (χ2v) is 6.41. The highest BCUT2D eigenvalue weighted by molar-refractivity contribution is 8.00. The van der Waals surface area contributed by atoms with Crippen LogP contribution in [0.15, 0.2) is 24.3 Å². The van der Waals surface area contributed by atoms with Crippen molar-refractivity contribution in [3.8, 4) is 0 Å². The molecule has 0 spiro atoms. The minimum Gasteiger partial charge on any atom is -0.384 e. The van der Waals surface area contributed by atoms with Crippen molar-refractivity contribution in [1.29, 1.82) is 0 Å². The fraction of sp³-hybridized carbons (Fsp3) is 0.571. The van der Waals surface area contributed by atoms with E-state index in [9.17, 15) is 5.11 Å². The molecule has 2 heteroatoms. The normalized spacial score (nSPS) is 29.9. The van der Waals surface area contributed by atoms with E-state index in [1.807, 2.05) is 11.8 Å². The van der Waals surface area contributed by atoms with E-state index < -0.39 is 5.60 Å². The monoisotopic (exact) mass is 236 g/mol. The molecule has 2 rings (SSSR count). The molecule has 0 aromatic heterocycles. The Morgan fingerprint density at radius 2 is 1.94 bits per heavy atom. The van der Waals surface area contributed by atoms with Gasteiger partial charge < -0.3 is 5.11 Å². The van der Waals surface area contributed by atoms with Gasteiger partial charge in [-0.05, 0) is 29.2 Å². The smallest absolute Gasteiger partial charge is 0.102 e. The predicted octanol–water partition coefficient (Wildman–Crippen LogP) is 3.52. The van der Waals surface area contributed by atoms with Crippen molar-refractivity contribution in [3.63, 3.8) is 0 Å². The maximum atomic E-state index is 10.6. The second kappa shape index (κ2) is 4.42. The van der Waals surface area contributed by atoms with Crippen molar-refractivity contribution >= 4 is 11.8 Å². The van der Waals surface area contributed by atoms with Gasteiger partial charge in [-0.15, -0.1) is 0 Å². The summed E-state index contributed by atoms with van der Waals surface area (Å²) in [6, 6.07) is 8.48. The molecule has 0 saturated carbocycles. The average molecular weight is 236 g/mol. The van der Waals surface area contributed by atoms with Crippen molar-refractivity contribution in [2.75, 3.05) is 5.75 Å². The Morgan fingerprint density at radius 3 is 2.38 bits per heavy atom. The van der Waals surface area contributed by atoms with Crippen LogP contribution in [0.25, 0.3) is 0 Å². The number of benzene rings is 1. The molecule has 1 aromatic rings. The maximum absolute atomic E-state index is 10.6. The summed E-state index contributed by atoms with van der Waals surface area (Å²) >= 11 is 1.86. The molecule has 2 unspecified atom stereocenters. The number of hydrogen-bond donors (Lipinski definition) is 1. The molecule has 1 saturated heterocycles. The van der Waals surface area contributed by atoms with E-state index >= 15 is 0 Å². The van der Waals surface area contributed by atoms with E-state index in [4.69, 9.17) is 0 Å². The van der Waals surface area contributed by atoms with Gasteiger partial charge >= 0.3 is 0 Å². The molecule has 0 radical (unpaired) electrons. The van der Waals surface area contributed by atoms with Gasteiger partial charge in [0.15, 0.2) is 0 Å². The highest BCUT2D eigenvalue weighted by Gasteiger charge is 2.40. The molecule has 1 N–H and O–H groups in total. The third-order valence-electron chi connectivity index (χ3n) is 3.60. The Balaban J connectivity index is 2.27. The Labute approximate surface area is 102 Å². The van der Waals surface area contributed by atoms with Crippen LogP contribution in [-0.2, 0) is 5.60 Å². The van der Waals surface area contributed by atoms with E-state index in [1.54, 1.807) is 0 Å². The first kappa shape index (κ1) is 12.0. The Kier molecular flexibility index (Phi) is 3.32. The van der Waals surface area contributed by atoms with Crippen molar-refractivity contribution in [2.45, 2.75) is 44.0 Å². The van der Waals surface area contributed by atoms with E-state index in [0.717, 1.165) is 17.7 Å². The molecular weight excluding hydrogens is 216 g/mol. The minimum atomic E-state index is -0.611. The highest BCUT2D eigenvalue weighted by atomic mass is 32.2. The van der Waals surface area contributed by atoms with Gasteiger partial charge in [0.25, 0.3) is 0 Å². The summed E-state index contributed by atoms with van der Waals surface area (Å²) in [6.45, 7) is 6.50. The summed E-state index contributed by atoms with van der Waals surface area (Å²) in [4.78, 5) is 0. The summed E-state index contributed by atoms with van der Waals surface area (Å²) < 4.78 is 0. The average Bonchev–Trinajstić information content (AvgIpc) is 2.61. The Hall–Kier alpha value is -0.470. The summed E-state index contributed by atoms with van der Waals surface area (Å²) in [5.41, 5.74) is 1.81. The van der Waals surface area contributed by atoms with Crippen molar-refractivity contribution in [3.05, 3.63) is 35.4 Å². The zero-order chi connectivity index (χ0) is 11.8. The molecule has 1 aliphatic heterocycles. The van der Waals surface area contributed by atoms with Crippen LogP contribution in [0.5, 0.6) is 0 Å². The van der Waals surface area contributed by atoms with Crippen LogP contribution in [0.4, 0.5) is 0 Å². The molecule has 16 heavy (non-hydrogen) atoms. The largest absolute Gasteiger partial charge is 0.384 e. The fourth-order valence-corrected chi connectivity index (χ4v) is 3.58. The Bertz CT molecular complexity index is 358. The lowest BCUT2D eigenvalue weighted by molar-refractivity contribution is 0.0427. The van der Waals surface area contributed by atoms with Crippen LogP contribution in [0.2, 0.25) is 0 Å².